The lowest BCUT2D eigenvalue weighted by atomic mass is 9.96. The molecule has 2 heterocycles. The number of benzene rings is 1. The zero-order valence-electron chi connectivity index (χ0n) is 16.0. The van der Waals surface area contributed by atoms with Gasteiger partial charge in [0.15, 0.2) is 5.69 Å². The molecule has 0 spiro atoms. The van der Waals surface area contributed by atoms with Crippen LogP contribution in [0.5, 0.6) is 0 Å². The summed E-state index contributed by atoms with van der Waals surface area (Å²) in [6.45, 7) is 0. The molecule has 10 nitrogen and oxygen atoms in total. The predicted octanol–water partition coefficient (Wildman–Crippen LogP) is 2.60. The van der Waals surface area contributed by atoms with Crippen LogP contribution < -0.4 is 11.2 Å². The number of hydrogen-bond acceptors (Lipinski definition) is 9. The van der Waals surface area contributed by atoms with Crippen LogP contribution in [0.15, 0.2) is 57.1 Å². The second-order valence-corrected chi connectivity index (χ2v) is 7.68. The molecular formula is C19H20N8O2S. The zero-order chi connectivity index (χ0) is 20.8. The molecule has 3 N–H and O–H groups in total. The van der Waals surface area contributed by atoms with Crippen molar-refractivity contribution >= 4 is 29.7 Å². The third-order valence-electron chi connectivity index (χ3n) is 4.55. The Hall–Kier alpha value is -3.47. The summed E-state index contributed by atoms with van der Waals surface area (Å²) >= 11 is 1.53. The molecule has 1 aliphatic rings. The van der Waals surface area contributed by atoms with E-state index in [1.54, 1.807) is 6.21 Å². The van der Waals surface area contributed by atoms with E-state index in [1.807, 2.05) is 30.3 Å². The number of hydrogen-bond donors (Lipinski definition) is 2. The first kappa shape index (κ1) is 19.8. The van der Waals surface area contributed by atoms with Gasteiger partial charge in [0.2, 0.25) is 11.6 Å². The van der Waals surface area contributed by atoms with Crippen molar-refractivity contribution in [2.45, 2.75) is 29.9 Å². The molecule has 30 heavy (non-hydrogen) atoms. The van der Waals surface area contributed by atoms with E-state index in [2.05, 4.69) is 47.9 Å². The van der Waals surface area contributed by atoms with Crippen LogP contribution >= 0.6 is 11.8 Å². The van der Waals surface area contributed by atoms with Crippen molar-refractivity contribution in [3.63, 3.8) is 0 Å². The highest BCUT2D eigenvalue weighted by atomic mass is 32.2. The molecule has 0 aliphatic heterocycles. The summed E-state index contributed by atoms with van der Waals surface area (Å²) in [4.78, 5) is 13.8. The number of amides is 1. The SMILES string of the molecule is Nc1nonc1-n1nnc(C(=O)N/N=C\[C@@H]2CC=CCC2)c1CSc1ccccc1. The van der Waals surface area contributed by atoms with E-state index in [4.69, 9.17) is 5.73 Å². The van der Waals surface area contributed by atoms with Crippen molar-refractivity contribution in [3.8, 4) is 5.82 Å². The molecule has 4 rings (SSSR count). The van der Waals surface area contributed by atoms with Crippen LogP contribution in [-0.4, -0.2) is 37.4 Å². The van der Waals surface area contributed by atoms with Gasteiger partial charge in [0.25, 0.3) is 5.91 Å². The number of carbonyl (C=O) groups is 1. The van der Waals surface area contributed by atoms with Gasteiger partial charge in [-0.05, 0) is 47.6 Å². The molecule has 2 aromatic heterocycles. The third kappa shape index (κ3) is 4.57. The van der Waals surface area contributed by atoms with E-state index in [1.165, 1.54) is 16.4 Å². The van der Waals surface area contributed by atoms with E-state index in [0.717, 1.165) is 24.2 Å². The highest BCUT2D eigenvalue weighted by Gasteiger charge is 2.24. The molecular weight excluding hydrogens is 404 g/mol. The van der Waals surface area contributed by atoms with Gasteiger partial charge in [-0.1, -0.05) is 35.6 Å². The molecule has 0 unspecified atom stereocenters. The number of nitrogen functional groups attached to an aromatic ring is 1. The fraction of sp³-hybridized carbons (Fsp3) is 0.263. The molecule has 0 bridgehead atoms. The summed E-state index contributed by atoms with van der Waals surface area (Å²) < 4.78 is 6.04. The monoisotopic (exact) mass is 424 g/mol. The highest BCUT2D eigenvalue weighted by molar-refractivity contribution is 7.98. The molecule has 1 aliphatic carbocycles. The van der Waals surface area contributed by atoms with Crippen LogP contribution in [0.1, 0.15) is 35.4 Å². The number of hydrazone groups is 1. The fourth-order valence-corrected chi connectivity index (χ4v) is 3.90. The first-order valence-corrected chi connectivity index (χ1v) is 10.4. The van der Waals surface area contributed by atoms with Gasteiger partial charge < -0.3 is 5.73 Å². The van der Waals surface area contributed by atoms with Crippen LogP contribution in [-0.2, 0) is 5.75 Å². The Morgan fingerprint density at radius 1 is 1.33 bits per heavy atom. The first-order valence-electron chi connectivity index (χ1n) is 9.41. The normalized spacial score (nSPS) is 16.2. The van der Waals surface area contributed by atoms with Gasteiger partial charge in [-0.25, -0.2) is 10.1 Å². The minimum absolute atomic E-state index is 0.0567. The van der Waals surface area contributed by atoms with Crippen molar-refractivity contribution in [1.82, 2.24) is 30.7 Å². The Morgan fingerprint density at radius 3 is 2.93 bits per heavy atom. The number of nitrogens with two attached hydrogens (primary N) is 1. The second-order valence-electron chi connectivity index (χ2n) is 6.63. The van der Waals surface area contributed by atoms with Gasteiger partial charge in [-0.15, -0.1) is 16.9 Å². The summed E-state index contributed by atoms with van der Waals surface area (Å²) in [6, 6.07) is 9.79. The zero-order valence-corrected chi connectivity index (χ0v) is 16.8. The van der Waals surface area contributed by atoms with Crippen molar-refractivity contribution in [3.05, 3.63) is 53.9 Å². The molecule has 0 radical (unpaired) electrons. The van der Waals surface area contributed by atoms with Gasteiger partial charge in [-0.2, -0.15) is 9.78 Å². The first-order chi connectivity index (χ1) is 14.7. The summed E-state index contributed by atoms with van der Waals surface area (Å²) in [5.41, 5.74) is 9.01. The minimum atomic E-state index is -0.456. The number of thioether (sulfide) groups is 1. The number of anilines is 1. The van der Waals surface area contributed by atoms with Crippen molar-refractivity contribution in [2.75, 3.05) is 5.73 Å². The predicted molar refractivity (Wildman–Crippen MR) is 112 cm³/mol. The van der Waals surface area contributed by atoms with Gasteiger partial charge >= 0.3 is 0 Å². The summed E-state index contributed by atoms with van der Waals surface area (Å²) in [5.74, 6) is 0.509. The van der Waals surface area contributed by atoms with Crippen molar-refractivity contribution in [1.29, 1.82) is 0 Å². The van der Waals surface area contributed by atoms with Gasteiger partial charge in [0.1, 0.15) is 0 Å². The van der Waals surface area contributed by atoms with E-state index in [9.17, 15) is 4.79 Å². The number of nitrogens with zero attached hydrogens (tertiary/aromatic N) is 6. The molecule has 154 valence electrons. The fourth-order valence-electron chi connectivity index (χ4n) is 2.99. The van der Waals surface area contributed by atoms with Crippen LogP contribution in [0.3, 0.4) is 0 Å². The second kappa shape index (κ2) is 9.35. The van der Waals surface area contributed by atoms with E-state index in [0.29, 0.717) is 17.4 Å². The average molecular weight is 424 g/mol. The van der Waals surface area contributed by atoms with Gasteiger partial charge in [-0.3, -0.25) is 4.79 Å². The Bertz CT molecular complexity index is 1060. The molecule has 1 amide bonds. The lowest BCUT2D eigenvalue weighted by Crippen LogP contribution is -2.21. The van der Waals surface area contributed by atoms with Crippen LogP contribution in [0.4, 0.5) is 5.82 Å². The van der Waals surface area contributed by atoms with E-state index >= 15 is 0 Å². The summed E-state index contributed by atoms with van der Waals surface area (Å²) in [6.07, 6.45) is 9.01. The maximum atomic E-state index is 12.7. The van der Waals surface area contributed by atoms with Crippen molar-refractivity contribution in [2.24, 2.45) is 11.0 Å². The van der Waals surface area contributed by atoms with E-state index < -0.39 is 5.91 Å². The summed E-state index contributed by atoms with van der Waals surface area (Å²) in [7, 11) is 0. The number of rotatable bonds is 7. The minimum Gasteiger partial charge on any atom is -0.378 e. The molecule has 0 saturated heterocycles. The molecule has 3 aromatic rings. The maximum Gasteiger partial charge on any atom is 0.293 e. The molecule has 0 fully saturated rings. The average Bonchev–Trinajstić information content (AvgIpc) is 3.39. The van der Waals surface area contributed by atoms with Crippen LogP contribution in [0, 0.1) is 5.92 Å². The standard InChI is InChI=1S/C19H20N8O2S/c20-17-18(25-29-24-17)27-15(12-30-14-9-5-2-6-10-14)16(22-26-27)19(28)23-21-11-13-7-3-1-4-8-13/h1-3,5-6,9-11,13H,4,7-8,12H2,(H2,20,24)(H,23,28)/b21-11-/t13-/m1/s1. The highest BCUT2D eigenvalue weighted by Crippen LogP contribution is 2.25. The Balaban J connectivity index is 1.54. The number of allylic oxidation sites excluding steroid dienone is 2. The number of nitrogens with one attached hydrogen (secondary N) is 1. The third-order valence-corrected chi connectivity index (χ3v) is 5.58. The maximum absolute atomic E-state index is 12.7. The Labute approximate surface area is 176 Å². The smallest absolute Gasteiger partial charge is 0.293 e. The Kier molecular flexibility index (Phi) is 6.18. The lowest BCUT2D eigenvalue weighted by Gasteiger charge is -2.11. The largest absolute Gasteiger partial charge is 0.378 e. The van der Waals surface area contributed by atoms with Crippen LogP contribution in [0.25, 0.3) is 5.82 Å². The molecule has 1 aromatic carbocycles. The number of carbonyl (C=O) groups excluding carboxylic acids is 1. The van der Waals surface area contributed by atoms with Gasteiger partial charge in [0.05, 0.1) is 5.69 Å². The Morgan fingerprint density at radius 2 is 2.20 bits per heavy atom. The van der Waals surface area contributed by atoms with E-state index in [-0.39, 0.29) is 17.3 Å². The summed E-state index contributed by atoms with van der Waals surface area (Å²) in [5, 5.41) is 19.5. The molecule has 11 heteroatoms. The van der Waals surface area contributed by atoms with Gasteiger partial charge in [0, 0.05) is 16.9 Å². The van der Waals surface area contributed by atoms with Crippen molar-refractivity contribution < 1.29 is 9.42 Å². The molecule has 0 saturated carbocycles. The lowest BCUT2D eigenvalue weighted by molar-refractivity contribution is 0.0949. The topological polar surface area (TPSA) is 137 Å². The number of aromatic nitrogens is 5. The quantitative estimate of drug-likeness (QED) is 0.255. The molecule has 1 atom stereocenters. The van der Waals surface area contributed by atoms with Crippen LogP contribution in [0.2, 0.25) is 0 Å².